The Morgan fingerprint density at radius 3 is 2.67 bits per heavy atom. The lowest BCUT2D eigenvalue weighted by molar-refractivity contribution is 0.0943. The molecule has 24 heavy (non-hydrogen) atoms. The van der Waals surface area contributed by atoms with Gasteiger partial charge in [0.05, 0.1) is 10.9 Å². The number of benzene rings is 2. The molecular formula is C17H13F2N3O2. The van der Waals surface area contributed by atoms with E-state index < -0.39 is 23.0 Å². The summed E-state index contributed by atoms with van der Waals surface area (Å²) >= 11 is 0. The van der Waals surface area contributed by atoms with E-state index in [4.69, 9.17) is 0 Å². The molecule has 0 aliphatic heterocycles. The summed E-state index contributed by atoms with van der Waals surface area (Å²) in [5, 5.41) is 6.54. The monoisotopic (exact) mass is 329 g/mol. The van der Waals surface area contributed by atoms with Gasteiger partial charge in [0.1, 0.15) is 11.6 Å². The average molecular weight is 329 g/mol. The summed E-state index contributed by atoms with van der Waals surface area (Å²) in [6.45, 7) is 0.0443. The molecule has 0 fully saturated rings. The van der Waals surface area contributed by atoms with Gasteiger partial charge in [0, 0.05) is 13.6 Å². The first-order chi connectivity index (χ1) is 11.5. The molecule has 0 spiro atoms. The fraction of sp³-hybridized carbons (Fsp3) is 0.118. The summed E-state index contributed by atoms with van der Waals surface area (Å²) in [5.41, 5.74) is -0.0265. The summed E-state index contributed by atoms with van der Waals surface area (Å²) in [4.78, 5) is 24.6. The maximum Gasteiger partial charge on any atom is 0.276 e. The van der Waals surface area contributed by atoms with Crippen LogP contribution in [0.1, 0.15) is 16.1 Å². The molecule has 2 aromatic carbocycles. The molecule has 0 bridgehead atoms. The fourth-order valence-corrected chi connectivity index (χ4v) is 2.41. The summed E-state index contributed by atoms with van der Waals surface area (Å²) in [6, 6.07) is 9.45. The lowest BCUT2D eigenvalue weighted by atomic mass is 10.2. The van der Waals surface area contributed by atoms with Crippen LogP contribution in [-0.4, -0.2) is 15.7 Å². The van der Waals surface area contributed by atoms with E-state index >= 15 is 0 Å². The van der Waals surface area contributed by atoms with Gasteiger partial charge in [-0.15, -0.1) is 0 Å². The van der Waals surface area contributed by atoms with Crippen LogP contribution in [-0.2, 0) is 13.6 Å². The van der Waals surface area contributed by atoms with Gasteiger partial charge in [-0.05, 0) is 35.9 Å². The number of hydrogen-bond acceptors (Lipinski definition) is 3. The van der Waals surface area contributed by atoms with Gasteiger partial charge in [-0.25, -0.2) is 8.78 Å². The van der Waals surface area contributed by atoms with Crippen LogP contribution in [0, 0.1) is 11.6 Å². The molecule has 5 nitrogen and oxygen atoms in total. The van der Waals surface area contributed by atoms with Crippen LogP contribution in [0.2, 0.25) is 0 Å². The Morgan fingerprint density at radius 1 is 1.17 bits per heavy atom. The lowest BCUT2D eigenvalue weighted by Crippen LogP contribution is -2.31. The molecule has 0 saturated heterocycles. The van der Waals surface area contributed by atoms with Crippen molar-refractivity contribution < 1.29 is 13.6 Å². The smallest absolute Gasteiger partial charge is 0.276 e. The van der Waals surface area contributed by atoms with Crippen LogP contribution >= 0.6 is 0 Å². The second-order valence-electron chi connectivity index (χ2n) is 5.28. The predicted octanol–water partition coefficient (Wildman–Crippen LogP) is 2.14. The molecule has 0 radical (unpaired) electrons. The third-order valence-corrected chi connectivity index (χ3v) is 3.57. The molecule has 0 unspecified atom stereocenters. The van der Waals surface area contributed by atoms with Crippen molar-refractivity contribution in [3.05, 3.63) is 75.6 Å². The summed E-state index contributed by atoms with van der Waals surface area (Å²) < 4.78 is 27.9. The van der Waals surface area contributed by atoms with E-state index in [1.807, 2.05) is 0 Å². The lowest BCUT2D eigenvalue weighted by Gasteiger charge is -2.08. The first-order valence-corrected chi connectivity index (χ1v) is 7.15. The van der Waals surface area contributed by atoms with Crippen LogP contribution < -0.4 is 10.7 Å². The maximum absolute atomic E-state index is 13.4. The summed E-state index contributed by atoms with van der Waals surface area (Å²) in [6.07, 6.45) is 0. The van der Waals surface area contributed by atoms with Crippen LogP contribution in [0.15, 0.2) is 47.3 Å². The third-order valence-electron chi connectivity index (χ3n) is 3.57. The van der Waals surface area contributed by atoms with Crippen molar-refractivity contribution in [3.8, 4) is 0 Å². The molecule has 1 amide bonds. The maximum atomic E-state index is 13.4. The molecule has 0 saturated carbocycles. The van der Waals surface area contributed by atoms with Crippen LogP contribution in [0.3, 0.4) is 0 Å². The van der Waals surface area contributed by atoms with E-state index in [0.29, 0.717) is 11.1 Å². The van der Waals surface area contributed by atoms with E-state index in [1.54, 1.807) is 13.1 Å². The molecule has 1 N–H and O–H groups in total. The highest BCUT2D eigenvalue weighted by Gasteiger charge is 2.16. The highest BCUT2D eigenvalue weighted by molar-refractivity contribution is 5.95. The van der Waals surface area contributed by atoms with Gasteiger partial charge in [-0.1, -0.05) is 12.1 Å². The fourth-order valence-electron chi connectivity index (χ4n) is 2.41. The van der Waals surface area contributed by atoms with Crippen LogP contribution in [0.4, 0.5) is 8.78 Å². The predicted molar refractivity (Wildman–Crippen MR) is 84.5 cm³/mol. The van der Waals surface area contributed by atoms with Gasteiger partial charge in [0.15, 0.2) is 5.69 Å². The highest BCUT2D eigenvalue weighted by atomic mass is 19.1. The largest absolute Gasteiger partial charge is 0.346 e. The minimum atomic E-state index is -0.703. The first kappa shape index (κ1) is 15.8. The SMILES string of the molecule is Cn1nc(C(=O)NCc2cccc(F)c2)c(=O)c2cc(F)ccc21. The molecule has 122 valence electrons. The van der Waals surface area contributed by atoms with Crippen molar-refractivity contribution in [3.63, 3.8) is 0 Å². The number of aromatic nitrogens is 2. The van der Waals surface area contributed by atoms with Gasteiger partial charge >= 0.3 is 0 Å². The zero-order valence-electron chi connectivity index (χ0n) is 12.7. The number of fused-ring (bicyclic) bond motifs is 1. The minimum absolute atomic E-state index is 0.0443. The Kier molecular flexibility index (Phi) is 4.07. The van der Waals surface area contributed by atoms with E-state index in [9.17, 15) is 18.4 Å². The topological polar surface area (TPSA) is 64.0 Å². The van der Waals surface area contributed by atoms with Gasteiger partial charge in [-0.2, -0.15) is 5.10 Å². The van der Waals surface area contributed by atoms with Gasteiger partial charge in [0.25, 0.3) is 5.91 Å². The number of nitrogens with zero attached hydrogens (tertiary/aromatic N) is 2. The van der Waals surface area contributed by atoms with Crippen molar-refractivity contribution in [2.45, 2.75) is 6.54 Å². The Hall–Kier alpha value is -3.09. The van der Waals surface area contributed by atoms with Crippen LogP contribution in [0.5, 0.6) is 0 Å². The molecule has 1 aromatic heterocycles. The van der Waals surface area contributed by atoms with Crippen molar-refractivity contribution in [1.29, 1.82) is 0 Å². The second kappa shape index (κ2) is 6.19. The van der Waals surface area contributed by atoms with E-state index in [0.717, 1.165) is 6.07 Å². The van der Waals surface area contributed by atoms with Gasteiger partial charge in [-0.3, -0.25) is 14.3 Å². The van der Waals surface area contributed by atoms with E-state index in [1.165, 1.54) is 35.0 Å². The zero-order valence-corrected chi connectivity index (χ0v) is 12.7. The second-order valence-corrected chi connectivity index (χ2v) is 5.28. The quantitative estimate of drug-likeness (QED) is 0.801. The third kappa shape index (κ3) is 3.01. The molecule has 3 aromatic rings. The standard InChI is InChI=1S/C17H13F2N3O2/c1-22-14-6-5-12(19)8-13(14)16(23)15(21-22)17(24)20-9-10-3-2-4-11(18)7-10/h2-8H,9H2,1H3,(H,20,24). The highest BCUT2D eigenvalue weighted by Crippen LogP contribution is 2.11. The molecule has 0 aliphatic carbocycles. The zero-order chi connectivity index (χ0) is 17.3. The van der Waals surface area contributed by atoms with Crippen molar-refractivity contribution in [1.82, 2.24) is 15.1 Å². The Morgan fingerprint density at radius 2 is 1.92 bits per heavy atom. The average Bonchev–Trinajstić information content (AvgIpc) is 2.56. The van der Waals surface area contributed by atoms with Gasteiger partial charge < -0.3 is 5.32 Å². The Bertz CT molecular complexity index is 999. The Balaban J connectivity index is 1.92. The van der Waals surface area contributed by atoms with Crippen molar-refractivity contribution >= 4 is 16.8 Å². The number of halogens is 2. The number of nitrogens with one attached hydrogen (secondary N) is 1. The molecule has 0 aliphatic rings. The van der Waals surface area contributed by atoms with Crippen molar-refractivity contribution in [2.75, 3.05) is 0 Å². The summed E-state index contributed by atoms with van der Waals surface area (Å²) in [7, 11) is 1.56. The number of rotatable bonds is 3. The normalized spacial score (nSPS) is 10.8. The first-order valence-electron chi connectivity index (χ1n) is 7.15. The van der Waals surface area contributed by atoms with E-state index in [-0.39, 0.29) is 17.6 Å². The number of carbonyl (C=O) groups excluding carboxylic acids is 1. The number of hydrogen-bond donors (Lipinski definition) is 1. The van der Waals surface area contributed by atoms with Gasteiger partial charge in [0.2, 0.25) is 5.43 Å². The molecular weight excluding hydrogens is 316 g/mol. The number of amides is 1. The summed E-state index contributed by atoms with van der Waals surface area (Å²) in [5.74, 6) is -1.69. The molecule has 7 heteroatoms. The minimum Gasteiger partial charge on any atom is -0.346 e. The van der Waals surface area contributed by atoms with Crippen LogP contribution in [0.25, 0.3) is 10.9 Å². The van der Waals surface area contributed by atoms with E-state index in [2.05, 4.69) is 10.4 Å². The van der Waals surface area contributed by atoms with Crippen molar-refractivity contribution in [2.24, 2.45) is 7.05 Å². The molecule has 0 atom stereocenters. The number of carbonyl (C=O) groups is 1. The number of aryl methyl sites for hydroxylation is 1. The Labute approximate surface area is 135 Å². The molecule has 3 rings (SSSR count). The molecule has 1 heterocycles.